The van der Waals surface area contributed by atoms with Crippen LogP contribution in [-0.2, 0) is 4.74 Å². The molecule has 2 saturated carbocycles. The molecule has 0 radical (unpaired) electrons. The second-order valence-electron chi connectivity index (χ2n) is 10.9. The lowest BCUT2D eigenvalue weighted by atomic mass is 9.64. The molecular weight excluding hydrogens is 404 g/mol. The van der Waals surface area contributed by atoms with E-state index in [-0.39, 0.29) is 11.5 Å². The molecule has 2 nitrogen and oxygen atoms in total. The monoisotopic (exact) mass is 437 g/mol. The average molecular weight is 438 g/mol. The number of ether oxygens (including phenoxy) is 1. The van der Waals surface area contributed by atoms with Crippen LogP contribution in [0.4, 0.5) is 8.78 Å². The topological polar surface area (TPSA) is 21.6 Å². The summed E-state index contributed by atoms with van der Waals surface area (Å²) in [4.78, 5) is 4.33. The fourth-order valence-electron chi connectivity index (χ4n) is 6.03. The van der Waals surface area contributed by atoms with Crippen molar-refractivity contribution < 1.29 is 13.5 Å². The van der Waals surface area contributed by atoms with Crippen LogP contribution in [0.2, 0.25) is 0 Å². The van der Waals surface area contributed by atoms with Gasteiger partial charge < -0.3 is 4.74 Å². The number of benzene rings is 2. The van der Waals surface area contributed by atoms with E-state index in [0.717, 1.165) is 23.3 Å². The minimum Gasteiger partial charge on any atom is -0.475 e. The number of rotatable bonds is 3. The molecule has 0 N–H and O–H groups in total. The second kappa shape index (κ2) is 8.28. The Bertz CT molecular complexity index is 1000. The van der Waals surface area contributed by atoms with E-state index in [9.17, 15) is 8.78 Å². The molecule has 0 spiro atoms. The number of hydrogen-bond donors (Lipinski definition) is 0. The smallest absolute Gasteiger partial charge is 0.222 e. The van der Waals surface area contributed by atoms with Crippen molar-refractivity contribution in [1.29, 1.82) is 0 Å². The zero-order valence-corrected chi connectivity index (χ0v) is 19.3. The lowest BCUT2D eigenvalue weighted by molar-refractivity contribution is 0.124. The van der Waals surface area contributed by atoms with Gasteiger partial charge in [-0.25, -0.2) is 13.8 Å². The van der Waals surface area contributed by atoms with Crippen LogP contribution >= 0.6 is 0 Å². The first-order chi connectivity index (χ1) is 15.3. The van der Waals surface area contributed by atoms with E-state index in [1.54, 1.807) is 0 Å². The predicted octanol–water partition coefficient (Wildman–Crippen LogP) is 7.51. The van der Waals surface area contributed by atoms with Crippen LogP contribution in [0, 0.1) is 29.4 Å². The highest BCUT2D eigenvalue weighted by Crippen LogP contribution is 2.47. The summed E-state index contributed by atoms with van der Waals surface area (Å²) >= 11 is 0. The fraction of sp³-hybridized carbons (Fsp3) is 0.536. The summed E-state index contributed by atoms with van der Waals surface area (Å²) < 4.78 is 35.2. The highest BCUT2D eigenvalue weighted by molar-refractivity contribution is 5.96. The molecule has 1 aliphatic heterocycles. The van der Waals surface area contributed by atoms with E-state index < -0.39 is 17.2 Å². The number of aliphatic imine (C=N–C) groups is 1. The quantitative estimate of drug-likeness (QED) is 0.487. The first kappa shape index (κ1) is 21.6. The first-order valence-electron chi connectivity index (χ1n) is 12.1. The van der Waals surface area contributed by atoms with E-state index in [4.69, 9.17) is 4.74 Å². The Morgan fingerprint density at radius 2 is 1.53 bits per heavy atom. The zero-order chi connectivity index (χ0) is 22.5. The molecule has 3 aliphatic rings. The van der Waals surface area contributed by atoms with E-state index >= 15 is 0 Å². The highest BCUT2D eigenvalue weighted by atomic mass is 19.1. The standard InChI is InChI=1S/C28H33F2NO/c1-17-4-5-22-13-21(11-10-20(22)12-17)18-6-8-19(9-7-18)23-14-24(29)26(25(30)15-23)27-31-28(2,3)16-32-27/h6-9,14-15,17,20-22H,4-5,10-13,16H2,1-3H3/t17?,20-,21-,22-/m1/s1. The molecule has 32 heavy (non-hydrogen) atoms. The molecule has 2 aromatic carbocycles. The SMILES string of the molecule is CC1CC[C@@H]2C[C@H](c3ccc(-c4cc(F)c(C5=NC(C)(C)CO5)c(F)c4)cc3)CC[C@@H]2C1. The fourth-order valence-corrected chi connectivity index (χ4v) is 6.03. The third-order valence-electron chi connectivity index (χ3n) is 7.81. The summed E-state index contributed by atoms with van der Waals surface area (Å²) in [7, 11) is 0. The number of nitrogens with zero attached hydrogens (tertiary/aromatic N) is 1. The molecule has 4 heteroatoms. The van der Waals surface area contributed by atoms with Crippen molar-refractivity contribution in [2.45, 2.75) is 70.8 Å². The molecule has 2 fully saturated rings. The number of hydrogen-bond acceptors (Lipinski definition) is 2. The summed E-state index contributed by atoms with van der Waals surface area (Å²) in [5, 5.41) is 0. The van der Waals surface area contributed by atoms with Crippen LogP contribution in [0.5, 0.6) is 0 Å². The van der Waals surface area contributed by atoms with Gasteiger partial charge in [-0.05, 0) is 98.4 Å². The van der Waals surface area contributed by atoms with Gasteiger partial charge in [0.05, 0.1) is 5.54 Å². The minimum atomic E-state index is -0.634. The van der Waals surface area contributed by atoms with Crippen molar-refractivity contribution in [1.82, 2.24) is 0 Å². The molecule has 2 aliphatic carbocycles. The van der Waals surface area contributed by atoms with Crippen molar-refractivity contribution in [3.05, 3.63) is 59.2 Å². The van der Waals surface area contributed by atoms with Crippen LogP contribution in [0.25, 0.3) is 11.1 Å². The van der Waals surface area contributed by atoms with Crippen LogP contribution in [0.15, 0.2) is 41.4 Å². The molecule has 0 bridgehead atoms. The average Bonchev–Trinajstić information content (AvgIpc) is 3.12. The molecule has 170 valence electrons. The molecule has 2 aromatic rings. The second-order valence-corrected chi connectivity index (χ2v) is 10.9. The van der Waals surface area contributed by atoms with Gasteiger partial charge in [-0.3, -0.25) is 0 Å². The lowest BCUT2D eigenvalue weighted by Crippen LogP contribution is -2.29. The molecule has 0 saturated heterocycles. The summed E-state index contributed by atoms with van der Waals surface area (Å²) in [6.07, 6.45) is 8.02. The van der Waals surface area contributed by atoms with Gasteiger partial charge in [0, 0.05) is 0 Å². The molecule has 1 heterocycles. The van der Waals surface area contributed by atoms with Crippen molar-refractivity contribution in [3.8, 4) is 11.1 Å². The van der Waals surface area contributed by atoms with Crippen LogP contribution in [0.3, 0.4) is 0 Å². The summed E-state index contributed by atoms with van der Waals surface area (Å²) in [5.74, 6) is 2.06. The van der Waals surface area contributed by atoms with Gasteiger partial charge in [0.25, 0.3) is 0 Å². The van der Waals surface area contributed by atoms with Gasteiger partial charge >= 0.3 is 0 Å². The predicted molar refractivity (Wildman–Crippen MR) is 125 cm³/mol. The van der Waals surface area contributed by atoms with Crippen LogP contribution in [-0.4, -0.2) is 18.0 Å². The zero-order valence-electron chi connectivity index (χ0n) is 19.3. The van der Waals surface area contributed by atoms with Gasteiger partial charge in [-0.2, -0.15) is 0 Å². The molecule has 1 unspecified atom stereocenters. The first-order valence-corrected chi connectivity index (χ1v) is 12.1. The number of halogens is 2. The summed E-state index contributed by atoms with van der Waals surface area (Å²) in [5.41, 5.74) is 2.09. The third-order valence-corrected chi connectivity index (χ3v) is 7.81. The maximum atomic E-state index is 14.9. The third kappa shape index (κ3) is 4.21. The molecule has 0 aromatic heterocycles. The van der Waals surface area contributed by atoms with Gasteiger partial charge in [-0.1, -0.05) is 37.6 Å². The van der Waals surface area contributed by atoms with Gasteiger partial charge in [-0.15, -0.1) is 0 Å². The van der Waals surface area contributed by atoms with Gasteiger partial charge in [0.15, 0.2) is 0 Å². The van der Waals surface area contributed by atoms with E-state index in [0.29, 0.717) is 18.1 Å². The van der Waals surface area contributed by atoms with E-state index in [1.165, 1.54) is 56.2 Å². The summed E-state index contributed by atoms with van der Waals surface area (Å²) in [6, 6.07) is 11.1. The van der Waals surface area contributed by atoms with Gasteiger partial charge in [0.2, 0.25) is 5.90 Å². The van der Waals surface area contributed by atoms with Crippen molar-refractivity contribution in [2.24, 2.45) is 22.7 Å². The Morgan fingerprint density at radius 1 is 0.875 bits per heavy atom. The largest absolute Gasteiger partial charge is 0.475 e. The van der Waals surface area contributed by atoms with E-state index in [1.807, 2.05) is 26.0 Å². The maximum Gasteiger partial charge on any atom is 0.222 e. The summed E-state index contributed by atoms with van der Waals surface area (Å²) in [6.45, 7) is 6.49. The van der Waals surface area contributed by atoms with E-state index in [2.05, 4.69) is 24.0 Å². The van der Waals surface area contributed by atoms with Crippen LogP contribution in [0.1, 0.15) is 76.3 Å². The Hall–Kier alpha value is -2.23. The Labute approximate surface area is 190 Å². The highest BCUT2D eigenvalue weighted by Gasteiger charge is 2.35. The Kier molecular flexibility index (Phi) is 5.59. The normalized spacial score (nSPS) is 29.2. The van der Waals surface area contributed by atoms with Crippen LogP contribution < -0.4 is 0 Å². The van der Waals surface area contributed by atoms with Gasteiger partial charge in [0.1, 0.15) is 23.8 Å². The van der Waals surface area contributed by atoms with Crippen molar-refractivity contribution in [3.63, 3.8) is 0 Å². The molecule has 5 rings (SSSR count). The minimum absolute atomic E-state index is 0.0552. The lowest BCUT2D eigenvalue weighted by Gasteiger charge is -2.41. The molecular formula is C28H33F2NO. The molecule has 0 amide bonds. The molecule has 4 atom stereocenters. The number of fused-ring (bicyclic) bond motifs is 1. The van der Waals surface area contributed by atoms with Crippen molar-refractivity contribution >= 4 is 5.90 Å². The maximum absolute atomic E-state index is 14.9. The Balaban J connectivity index is 1.33. The van der Waals surface area contributed by atoms with Crippen molar-refractivity contribution in [2.75, 3.05) is 6.61 Å². The Morgan fingerprint density at radius 3 is 2.19 bits per heavy atom.